The van der Waals surface area contributed by atoms with Gasteiger partial charge in [-0.2, -0.15) is 0 Å². The van der Waals surface area contributed by atoms with Crippen LogP contribution in [0, 0.1) is 12.7 Å². The third-order valence-corrected chi connectivity index (χ3v) is 3.36. The third-order valence-electron chi connectivity index (χ3n) is 2.68. The Morgan fingerprint density at radius 3 is 2.72 bits per heavy atom. The number of hydrogen-bond donors (Lipinski definition) is 0. The maximum atomic E-state index is 13.8. The van der Waals surface area contributed by atoms with Crippen molar-refractivity contribution >= 4 is 23.2 Å². The maximum absolute atomic E-state index is 13.8. The van der Waals surface area contributed by atoms with Crippen LogP contribution >= 0.6 is 23.2 Å². The third kappa shape index (κ3) is 3.01. The van der Waals surface area contributed by atoms with E-state index in [0.717, 1.165) is 11.3 Å². The Kier molecular flexibility index (Phi) is 4.20. The lowest BCUT2D eigenvalue weighted by molar-refractivity contribution is 0.605. The molecule has 94 valence electrons. The standard InChI is InChI=1S/C14H12Cl2FN/c1-9-5-6-10(18-8-9)7-13(16)11-3-2-4-12(15)14(11)17/h2-6,8,13H,7H2,1H3. The Hall–Kier alpha value is -1.12. The van der Waals surface area contributed by atoms with Crippen molar-refractivity contribution in [3.8, 4) is 0 Å². The lowest BCUT2D eigenvalue weighted by atomic mass is 10.1. The minimum absolute atomic E-state index is 0.0926. The highest BCUT2D eigenvalue weighted by molar-refractivity contribution is 6.31. The fraction of sp³-hybridized carbons (Fsp3) is 0.214. The number of nitrogens with zero attached hydrogens (tertiary/aromatic N) is 1. The van der Waals surface area contributed by atoms with E-state index in [-0.39, 0.29) is 5.02 Å². The summed E-state index contributed by atoms with van der Waals surface area (Å²) in [5, 5.41) is -0.381. The van der Waals surface area contributed by atoms with Crippen molar-refractivity contribution in [2.75, 3.05) is 0 Å². The Labute approximate surface area is 116 Å². The van der Waals surface area contributed by atoms with E-state index in [9.17, 15) is 4.39 Å². The van der Waals surface area contributed by atoms with Crippen molar-refractivity contribution in [2.45, 2.75) is 18.7 Å². The first-order valence-corrected chi connectivity index (χ1v) is 6.39. The molecule has 2 aromatic rings. The number of aromatic nitrogens is 1. The normalized spacial score (nSPS) is 12.4. The monoisotopic (exact) mass is 283 g/mol. The second-order valence-corrected chi connectivity index (χ2v) is 5.08. The number of alkyl halides is 1. The first-order chi connectivity index (χ1) is 8.58. The van der Waals surface area contributed by atoms with Gasteiger partial charge in [0, 0.05) is 23.9 Å². The van der Waals surface area contributed by atoms with Gasteiger partial charge in [-0.15, -0.1) is 11.6 Å². The molecule has 1 aromatic heterocycles. The van der Waals surface area contributed by atoms with Crippen LogP contribution in [0.3, 0.4) is 0 Å². The van der Waals surface area contributed by atoms with Crippen molar-refractivity contribution in [1.82, 2.24) is 4.98 Å². The second kappa shape index (κ2) is 5.68. The van der Waals surface area contributed by atoms with Crippen molar-refractivity contribution in [1.29, 1.82) is 0 Å². The Morgan fingerprint density at radius 1 is 1.28 bits per heavy atom. The lowest BCUT2D eigenvalue weighted by Crippen LogP contribution is -2.01. The summed E-state index contributed by atoms with van der Waals surface area (Å²) in [5.41, 5.74) is 2.32. The van der Waals surface area contributed by atoms with Gasteiger partial charge in [0.05, 0.1) is 10.4 Å². The number of benzene rings is 1. The molecule has 0 aliphatic carbocycles. The maximum Gasteiger partial charge on any atom is 0.146 e. The van der Waals surface area contributed by atoms with Crippen molar-refractivity contribution in [3.63, 3.8) is 0 Å². The molecule has 0 saturated heterocycles. The van der Waals surface area contributed by atoms with Crippen molar-refractivity contribution in [2.24, 2.45) is 0 Å². The highest BCUT2D eigenvalue weighted by Gasteiger charge is 2.16. The zero-order valence-corrected chi connectivity index (χ0v) is 11.3. The Bertz CT molecular complexity index is 540. The average molecular weight is 284 g/mol. The summed E-state index contributed by atoms with van der Waals surface area (Å²) in [6.07, 6.45) is 2.24. The molecule has 1 aromatic carbocycles. The van der Waals surface area contributed by atoms with Crippen LogP contribution < -0.4 is 0 Å². The van der Waals surface area contributed by atoms with E-state index in [1.165, 1.54) is 6.07 Å². The molecule has 1 heterocycles. The van der Waals surface area contributed by atoms with E-state index in [4.69, 9.17) is 23.2 Å². The van der Waals surface area contributed by atoms with Crippen LogP contribution in [0.2, 0.25) is 5.02 Å². The molecular weight excluding hydrogens is 272 g/mol. The molecule has 0 fully saturated rings. The Balaban J connectivity index is 2.19. The number of aryl methyl sites for hydroxylation is 1. The van der Waals surface area contributed by atoms with Crippen molar-refractivity contribution < 1.29 is 4.39 Å². The van der Waals surface area contributed by atoms with Gasteiger partial charge in [-0.1, -0.05) is 29.8 Å². The molecule has 0 spiro atoms. The zero-order chi connectivity index (χ0) is 13.1. The summed E-state index contributed by atoms with van der Waals surface area (Å²) in [6, 6.07) is 8.70. The topological polar surface area (TPSA) is 12.9 Å². The van der Waals surface area contributed by atoms with Gasteiger partial charge in [0.25, 0.3) is 0 Å². The quantitative estimate of drug-likeness (QED) is 0.744. The van der Waals surface area contributed by atoms with Gasteiger partial charge in [-0.05, 0) is 24.6 Å². The number of rotatable bonds is 3. The van der Waals surface area contributed by atoms with E-state index in [1.807, 2.05) is 19.1 Å². The minimum Gasteiger partial charge on any atom is -0.261 e. The first kappa shape index (κ1) is 13.3. The summed E-state index contributed by atoms with van der Waals surface area (Å²) in [7, 11) is 0. The smallest absolute Gasteiger partial charge is 0.146 e. The van der Waals surface area contributed by atoms with Crippen LogP contribution in [0.5, 0.6) is 0 Å². The van der Waals surface area contributed by atoms with Crippen LogP contribution in [0.1, 0.15) is 22.2 Å². The van der Waals surface area contributed by atoms with Crippen LogP contribution in [0.4, 0.5) is 4.39 Å². The molecule has 0 aliphatic heterocycles. The predicted molar refractivity (Wildman–Crippen MR) is 72.7 cm³/mol. The minimum atomic E-state index is -0.473. The molecule has 0 bridgehead atoms. The van der Waals surface area contributed by atoms with E-state index in [2.05, 4.69) is 4.98 Å². The second-order valence-electron chi connectivity index (χ2n) is 4.14. The Morgan fingerprint density at radius 2 is 2.06 bits per heavy atom. The van der Waals surface area contributed by atoms with Crippen LogP contribution in [0.15, 0.2) is 36.5 Å². The first-order valence-electron chi connectivity index (χ1n) is 5.57. The SMILES string of the molecule is Cc1ccc(CC(Cl)c2cccc(Cl)c2F)nc1. The van der Waals surface area contributed by atoms with Crippen LogP contribution in [-0.2, 0) is 6.42 Å². The number of pyridine rings is 1. The van der Waals surface area contributed by atoms with Gasteiger partial charge >= 0.3 is 0 Å². The predicted octanol–water partition coefficient (Wildman–Crippen LogP) is 4.71. The fourth-order valence-electron chi connectivity index (χ4n) is 1.68. The van der Waals surface area contributed by atoms with Gasteiger partial charge in [0.15, 0.2) is 0 Å². The summed E-state index contributed by atoms with van der Waals surface area (Å²) in [5.74, 6) is -0.453. The zero-order valence-electron chi connectivity index (χ0n) is 9.83. The summed E-state index contributed by atoms with van der Waals surface area (Å²) in [6.45, 7) is 1.96. The molecule has 0 aliphatic rings. The van der Waals surface area contributed by atoms with E-state index < -0.39 is 11.2 Å². The number of hydrogen-bond acceptors (Lipinski definition) is 1. The van der Waals surface area contributed by atoms with E-state index in [0.29, 0.717) is 12.0 Å². The molecular formula is C14H12Cl2FN. The molecule has 2 rings (SSSR count). The summed E-state index contributed by atoms with van der Waals surface area (Å²) < 4.78 is 13.8. The van der Waals surface area contributed by atoms with Gasteiger partial charge in [0.2, 0.25) is 0 Å². The molecule has 1 nitrogen and oxygen atoms in total. The van der Waals surface area contributed by atoms with Crippen molar-refractivity contribution in [3.05, 3.63) is 64.2 Å². The molecule has 0 saturated carbocycles. The fourth-order valence-corrected chi connectivity index (χ4v) is 2.18. The molecule has 0 amide bonds. The highest BCUT2D eigenvalue weighted by atomic mass is 35.5. The van der Waals surface area contributed by atoms with Gasteiger partial charge in [-0.3, -0.25) is 4.98 Å². The molecule has 0 N–H and O–H groups in total. The number of halogens is 3. The van der Waals surface area contributed by atoms with E-state index in [1.54, 1.807) is 18.3 Å². The van der Waals surface area contributed by atoms with Gasteiger partial charge in [0.1, 0.15) is 5.82 Å². The molecule has 4 heteroatoms. The molecule has 1 atom stereocenters. The summed E-state index contributed by atoms with van der Waals surface area (Å²) in [4.78, 5) is 4.26. The van der Waals surface area contributed by atoms with Crippen LogP contribution in [0.25, 0.3) is 0 Å². The van der Waals surface area contributed by atoms with Gasteiger partial charge in [-0.25, -0.2) is 4.39 Å². The molecule has 18 heavy (non-hydrogen) atoms. The largest absolute Gasteiger partial charge is 0.261 e. The van der Waals surface area contributed by atoms with Crippen LogP contribution in [-0.4, -0.2) is 4.98 Å². The van der Waals surface area contributed by atoms with E-state index >= 15 is 0 Å². The van der Waals surface area contributed by atoms with Gasteiger partial charge < -0.3 is 0 Å². The highest BCUT2D eigenvalue weighted by Crippen LogP contribution is 2.29. The average Bonchev–Trinajstić information content (AvgIpc) is 2.35. The molecule has 1 unspecified atom stereocenters. The lowest BCUT2D eigenvalue weighted by Gasteiger charge is -2.11. The molecule has 0 radical (unpaired) electrons. The summed E-state index contributed by atoms with van der Waals surface area (Å²) >= 11 is 12.0.